The molecule has 0 bridgehead atoms. The number of ether oxygens (including phenoxy) is 1. The number of amides is 1. The van der Waals surface area contributed by atoms with Gasteiger partial charge in [0, 0.05) is 31.5 Å². The number of hydrogen-bond acceptors (Lipinski definition) is 4. The van der Waals surface area contributed by atoms with Crippen LogP contribution in [0.1, 0.15) is 12.5 Å². The maximum Gasteiger partial charge on any atom is 0.250 e. The predicted molar refractivity (Wildman–Crippen MR) is 118 cm³/mol. The summed E-state index contributed by atoms with van der Waals surface area (Å²) in [5, 5.41) is 5.28. The van der Waals surface area contributed by atoms with Gasteiger partial charge < -0.3 is 4.74 Å². The monoisotopic (exact) mass is 506 g/mol. The van der Waals surface area contributed by atoms with E-state index in [4.69, 9.17) is 4.74 Å². The van der Waals surface area contributed by atoms with Crippen molar-refractivity contribution in [3.05, 3.63) is 68.4 Å². The number of nitrogens with one attached hydrogen (secondary N) is 1. The third-order valence-corrected chi connectivity index (χ3v) is 5.34. The Morgan fingerprint density at radius 3 is 2.67 bits per heavy atom. The minimum absolute atomic E-state index is 0.242. The summed E-state index contributed by atoms with van der Waals surface area (Å²) in [7, 11) is 0. The van der Waals surface area contributed by atoms with Gasteiger partial charge in [0.15, 0.2) is 5.13 Å². The molecule has 1 amide bonds. The summed E-state index contributed by atoms with van der Waals surface area (Å²) in [6, 6.07) is 13.6. The molecule has 0 spiro atoms. The molecule has 2 aromatic carbocycles. The van der Waals surface area contributed by atoms with Gasteiger partial charge in [-0.3, -0.25) is 10.1 Å². The summed E-state index contributed by atoms with van der Waals surface area (Å²) in [6.07, 6.45) is 3.21. The Bertz CT molecular complexity index is 968. The van der Waals surface area contributed by atoms with Crippen LogP contribution in [-0.4, -0.2) is 17.5 Å². The molecule has 0 saturated heterocycles. The maximum absolute atomic E-state index is 12.2. The largest absolute Gasteiger partial charge is 0.493 e. The first-order valence-corrected chi connectivity index (χ1v) is 10.6. The van der Waals surface area contributed by atoms with Crippen LogP contribution in [0.15, 0.2) is 62.9 Å². The molecule has 0 aliphatic heterocycles. The minimum atomic E-state index is -0.242. The van der Waals surface area contributed by atoms with Gasteiger partial charge in [0.2, 0.25) is 5.91 Å². The molecule has 1 heterocycles. The number of carbonyl (C=O) groups excluding carboxylic acids is 1. The summed E-state index contributed by atoms with van der Waals surface area (Å²) >= 11 is 8.25. The van der Waals surface area contributed by atoms with Crippen LogP contribution in [0.4, 0.5) is 5.13 Å². The second-order valence-corrected chi connectivity index (χ2v) is 8.17. The average molecular weight is 508 g/mol. The zero-order chi connectivity index (χ0) is 19.2. The molecule has 0 atom stereocenters. The van der Waals surface area contributed by atoms with Gasteiger partial charge >= 0.3 is 0 Å². The molecule has 0 aliphatic carbocycles. The lowest BCUT2D eigenvalue weighted by Gasteiger charge is -2.07. The number of aromatic nitrogens is 1. The van der Waals surface area contributed by atoms with Crippen LogP contribution >= 0.6 is 43.2 Å². The molecule has 0 radical (unpaired) electrons. The van der Waals surface area contributed by atoms with E-state index in [1.807, 2.05) is 54.8 Å². The molecule has 1 aromatic heterocycles. The predicted octanol–water partition coefficient (Wildman–Crippen LogP) is 6.39. The molecule has 0 fully saturated rings. The van der Waals surface area contributed by atoms with Crippen LogP contribution in [0.5, 0.6) is 5.75 Å². The molecular weight excluding hydrogens is 492 g/mol. The summed E-state index contributed by atoms with van der Waals surface area (Å²) in [5.74, 6) is 0.491. The van der Waals surface area contributed by atoms with Crippen molar-refractivity contribution in [1.29, 1.82) is 0 Å². The fourth-order valence-corrected chi connectivity index (χ4v) is 3.70. The average Bonchev–Trinajstić information content (AvgIpc) is 3.11. The second kappa shape index (κ2) is 9.30. The molecule has 138 valence electrons. The van der Waals surface area contributed by atoms with Crippen LogP contribution in [-0.2, 0) is 4.79 Å². The minimum Gasteiger partial charge on any atom is -0.493 e. The van der Waals surface area contributed by atoms with E-state index in [2.05, 4.69) is 42.2 Å². The Morgan fingerprint density at radius 2 is 1.93 bits per heavy atom. The van der Waals surface area contributed by atoms with E-state index >= 15 is 0 Å². The van der Waals surface area contributed by atoms with Crippen LogP contribution < -0.4 is 10.1 Å². The smallest absolute Gasteiger partial charge is 0.250 e. The number of rotatable bonds is 6. The van der Waals surface area contributed by atoms with Gasteiger partial charge in [-0.1, -0.05) is 44.0 Å². The van der Waals surface area contributed by atoms with Crippen molar-refractivity contribution in [2.24, 2.45) is 0 Å². The normalized spacial score (nSPS) is 10.9. The molecule has 27 heavy (non-hydrogen) atoms. The van der Waals surface area contributed by atoms with Crippen molar-refractivity contribution < 1.29 is 9.53 Å². The highest BCUT2D eigenvalue weighted by molar-refractivity contribution is 9.10. The summed E-state index contributed by atoms with van der Waals surface area (Å²) in [4.78, 5) is 16.7. The zero-order valence-electron chi connectivity index (χ0n) is 14.4. The van der Waals surface area contributed by atoms with Gasteiger partial charge in [-0.15, -0.1) is 11.3 Å². The van der Waals surface area contributed by atoms with Crippen LogP contribution in [0.25, 0.3) is 17.3 Å². The van der Waals surface area contributed by atoms with Crippen molar-refractivity contribution in [2.75, 3.05) is 11.9 Å². The van der Waals surface area contributed by atoms with Gasteiger partial charge in [0.25, 0.3) is 0 Å². The Kier molecular flexibility index (Phi) is 6.82. The lowest BCUT2D eigenvalue weighted by atomic mass is 10.2. The van der Waals surface area contributed by atoms with E-state index in [0.29, 0.717) is 11.7 Å². The molecule has 3 aromatic rings. The fraction of sp³-hybridized carbons (Fsp3) is 0.100. The molecule has 3 rings (SSSR count). The van der Waals surface area contributed by atoms with E-state index in [0.717, 1.165) is 31.5 Å². The molecule has 0 saturated carbocycles. The lowest BCUT2D eigenvalue weighted by molar-refractivity contribution is -0.111. The third kappa shape index (κ3) is 5.51. The molecular formula is C20H16Br2N2O2S. The van der Waals surface area contributed by atoms with E-state index in [9.17, 15) is 4.79 Å². The van der Waals surface area contributed by atoms with E-state index < -0.39 is 0 Å². The highest BCUT2D eigenvalue weighted by atomic mass is 79.9. The molecule has 7 heteroatoms. The third-order valence-electron chi connectivity index (χ3n) is 3.56. The Hall–Kier alpha value is -1.96. The van der Waals surface area contributed by atoms with Crippen LogP contribution in [0, 0.1) is 0 Å². The Morgan fingerprint density at radius 1 is 1.19 bits per heavy atom. The number of carbonyl (C=O) groups is 1. The number of anilines is 1. The number of nitrogens with zero attached hydrogens (tertiary/aromatic N) is 1. The van der Waals surface area contributed by atoms with Crippen LogP contribution in [0.3, 0.4) is 0 Å². The zero-order valence-corrected chi connectivity index (χ0v) is 18.4. The van der Waals surface area contributed by atoms with Crippen molar-refractivity contribution in [1.82, 2.24) is 4.98 Å². The number of halogens is 2. The number of benzene rings is 2. The van der Waals surface area contributed by atoms with Crippen molar-refractivity contribution in [2.45, 2.75) is 6.92 Å². The first-order chi connectivity index (χ1) is 13.0. The molecule has 4 nitrogen and oxygen atoms in total. The topological polar surface area (TPSA) is 51.2 Å². The maximum atomic E-state index is 12.2. The number of thiazole rings is 1. The first-order valence-electron chi connectivity index (χ1n) is 8.18. The fourth-order valence-electron chi connectivity index (χ4n) is 2.33. The standard InChI is InChI=1S/C20H16Br2N2O2S/c1-2-26-18-9-8-16(22)11-14(18)5-10-19(25)24-20-23-17(12-27-20)13-3-6-15(21)7-4-13/h3-12H,2H2,1H3,(H,23,24,25)/b10-5+. The molecule has 0 aliphatic rings. The van der Waals surface area contributed by atoms with Crippen LogP contribution in [0.2, 0.25) is 0 Å². The van der Waals surface area contributed by atoms with Gasteiger partial charge in [-0.2, -0.15) is 0 Å². The summed E-state index contributed by atoms with van der Waals surface area (Å²) in [6.45, 7) is 2.49. The van der Waals surface area contributed by atoms with E-state index in [-0.39, 0.29) is 5.91 Å². The first kappa shape index (κ1) is 19.8. The molecule has 0 unspecified atom stereocenters. The Labute approximate surface area is 178 Å². The van der Waals surface area contributed by atoms with E-state index in [1.54, 1.807) is 6.08 Å². The highest BCUT2D eigenvalue weighted by Crippen LogP contribution is 2.27. The van der Waals surface area contributed by atoms with Gasteiger partial charge in [-0.25, -0.2) is 4.98 Å². The van der Waals surface area contributed by atoms with Gasteiger partial charge in [0.1, 0.15) is 5.75 Å². The second-order valence-electron chi connectivity index (χ2n) is 5.48. The lowest BCUT2D eigenvalue weighted by Crippen LogP contribution is -2.07. The van der Waals surface area contributed by atoms with Crippen molar-refractivity contribution >= 4 is 60.3 Å². The van der Waals surface area contributed by atoms with Crippen molar-refractivity contribution in [3.8, 4) is 17.0 Å². The Balaban J connectivity index is 1.69. The quantitative estimate of drug-likeness (QED) is 0.393. The summed E-state index contributed by atoms with van der Waals surface area (Å²) in [5.41, 5.74) is 2.66. The molecule has 1 N–H and O–H groups in total. The van der Waals surface area contributed by atoms with Crippen molar-refractivity contribution in [3.63, 3.8) is 0 Å². The van der Waals surface area contributed by atoms with Gasteiger partial charge in [0.05, 0.1) is 12.3 Å². The highest BCUT2D eigenvalue weighted by Gasteiger charge is 2.07. The number of hydrogen-bond donors (Lipinski definition) is 1. The van der Waals surface area contributed by atoms with E-state index in [1.165, 1.54) is 17.4 Å². The van der Waals surface area contributed by atoms with Gasteiger partial charge in [-0.05, 0) is 43.3 Å². The SMILES string of the molecule is CCOc1ccc(Br)cc1/C=C/C(=O)Nc1nc(-c2ccc(Br)cc2)cs1. The summed E-state index contributed by atoms with van der Waals surface area (Å²) < 4.78 is 7.52.